The van der Waals surface area contributed by atoms with E-state index in [1.165, 1.54) is 12.1 Å². The summed E-state index contributed by atoms with van der Waals surface area (Å²) in [7, 11) is 0. The van der Waals surface area contributed by atoms with Crippen LogP contribution in [0.15, 0.2) is 42.5 Å². The van der Waals surface area contributed by atoms with Crippen LogP contribution >= 0.6 is 0 Å². The third-order valence-corrected chi connectivity index (χ3v) is 9.77. The van der Waals surface area contributed by atoms with Gasteiger partial charge in [-0.3, -0.25) is 9.59 Å². The number of carbonyl (C=O) groups excluding carboxylic acids is 2. The SMILES string of the molecule is C[C@]12C=CC(=O)N[C@@H]1CC[C@@H]1[C@@H]2CC[C@]2(C)[C@@H](C(=O)[C@@H](c3ccccc3)C(F)(F)F)CC[C@@H]12. The number of ketones is 1. The van der Waals surface area contributed by atoms with Gasteiger partial charge in [-0.1, -0.05) is 50.3 Å². The molecule has 3 nitrogen and oxygen atoms in total. The van der Waals surface area contributed by atoms with Crippen LogP contribution in [0.25, 0.3) is 0 Å². The van der Waals surface area contributed by atoms with Crippen molar-refractivity contribution in [3.63, 3.8) is 0 Å². The summed E-state index contributed by atoms with van der Waals surface area (Å²) in [6.07, 6.45) is 3.95. The zero-order valence-corrected chi connectivity index (χ0v) is 19.2. The lowest BCUT2D eigenvalue weighted by atomic mass is 9.47. The van der Waals surface area contributed by atoms with Crippen molar-refractivity contribution >= 4 is 11.7 Å². The Kier molecular flexibility index (Phi) is 5.30. The van der Waals surface area contributed by atoms with Crippen LogP contribution in [0.2, 0.25) is 0 Å². The summed E-state index contributed by atoms with van der Waals surface area (Å²) in [5, 5.41) is 3.13. The van der Waals surface area contributed by atoms with Crippen LogP contribution in [0.4, 0.5) is 13.2 Å². The number of nitrogens with one attached hydrogen (secondary N) is 1. The molecule has 178 valence electrons. The second kappa shape index (κ2) is 7.71. The third-order valence-electron chi connectivity index (χ3n) is 9.77. The van der Waals surface area contributed by atoms with E-state index in [9.17, 15) is 22.8 Å². The van der Waals surface area contributed by atoms with E-state index in [0.29, 0.717) is 18.3 Å². The van der Waals surface area contributed by atoms with Crippen LogP contribution in [0.1, 0.15) is 63.9 Å². The molecule has 8 atom stereocenters. The Hall–Kier alpha value is -2.11. The zero-order chi connectivity index (χ0) is 23.6. The van der Waals surface area contributed by atoms with Crippen LogP contribution in [-0.4, -0.2) is 23.9 Å². The monoisotopic (exact) mass is 459 g/mol. The van der Waals surface area contributed by atoms with Gasteiger partial charge in [0.1, 0.15) is 5.92 Å². The Morgan fingerprint density at radius 1 is 1.03 bits per heavy atom. The average molecular weight is 460 g/mol. The molecular formula is C27H32F3NO2. The lowest BCUT2D eigenvalue weighted by Gasteiger charge is -2.58. The van der Waals surface area contributed by atoms with Crippen molar-refractivity contribution in [1.82, 2.24) is 5.32 Å². The first kappa shape index (κ1) is 22.7. The Morgan fingerprint density at radius 2 is 1.76 bits per heavy atom. The van der Waals surface area contributed by atoms with Crippen molar-refractivity contribution < 1.29 is 22.8 Å². The molecule has 1 aliphatic heterocycles. The summed E-state index contributed by atoms with van der Waals surface area (Å²) in [6.45, 7) is 4.30. The fourth-order valence-corrected chi connectivity index (χ4v) is 8.16. The van der Waals surface area contributed by atoms with Gasteiger partial charge in [-0.15, -0.1) is 0 Å². The van der Waals surface area contributed by atoms with E-state index in [2.05, 4.69) is 25.2 Å². The summed E-state index contributed by atoms with van der Waals surface area (Å²) in [4.78, 5) is 25.5. The standard InChI is InChI=1S/C27H32F3NO2/c1-25-14-12-19-17(8-11-21-26(19,2)15-13-22(32)31-21)18(25)9-10-20(25)24(33)23(27(28,29)30)16-6-4-3-5-7-16/h3-7,13,15,17-21,23H,8-12,14H2,1-2H3,(H,31,32)/t17-,18-,19-,20+,21+,23+,25-,26+/m0/s1. The number of alkyl halides is 3. The molecule has 1 heterocycles. The molecule has 1 N–H and O–H groups in total. The smallest absolute Gasteiger partial charge is 0.349 e. The van der Waals surface area contributed by atoms with Crippen LogP contribution in [0.3, 0.4) is 0 Å². The van der Waals surface area contributed by atoms with Gasteiger partial charge >= 0.3 is 6.18 Å². The van der Waals surface area contributed by atoms with Crippen molar-refractivity contribution in [1.29, 1.82) is 0 Å². The number of rotatable bonds is 3. The summed E-state index contributed by atoms with van der Waals surface area (Å²) in [5.41, 5.74) is -0.480. The second-order valence-corrected chi connectivity index (χ2v) is 11.2. The molecule has 0 radical (unpaired) electrons. The fraction of sp³-hybridized carbons (Fsp3) is 0.630. The average Bonchev–Trinajstić information content (AvgIpc) is 3.11. The molecule has 0 saturated heterocycles. The van der Waals surface area contributed by atoms with Gasteiger partial charge < -0.3 is 5.32 Å². The molecule has 1 aromatic carbocycles. The van der Waals surface area contributed by atoms with Gasteiger partial charge in [0.2, 0.25) is 5.91 Å². The lowest BCUT2D eigenvalue weighted by molar-refractivity contribution is -0.170. The zero-order valence-electron chi connectivity index (χ0n) is 19.2. The fourth-order valence-electron chi connectivity index (χ4n) is 8.16. The highest BCUT2D eigenvalue weighted by molar-refractivity contribution is 5.90. The highest BCUT2D eigenvalue weighted by Gasteiger charge is 2.62. The number of fused-ring (bicyclic) bond motifs is 5. The number of carbonyl (C=O) groups is 2. The number of Topliss-reactive ketones (excluding diaryl/α,β-unsaturated/α-hetero) is 1. The first-order valence-electron chi connectivity index (χ1n) is 12.2. The van der Waals surface area contributed by atoms with Gasteiger partial charge in [0, 0.05) is 17.4 Å². The summed E-state index contributed by atoms with van der Waals surface area (Å²) < 4.78 is 42.4. The normalized spacial score (nSPS) is 40.9. The molecule has 33 heavy (non-hydrogen) atoms. The highest BCUT2D eigenvalue weighted by atomic mass is 19.4. The first-order chi connectivity index (χ1) is 15.6. The Labute approximate surface area is 193 Å². The Balaban J connectivity index is 1.44. The van der Waals surface area contributed by atoms with E-state index in [0.717, 1.165) is 32.1 Å². The van der Waals surface area contributed by atoms with Crippen LogP contribution in [0, 0.1) is 34.5 Å². The summed E-state index contributed by atoms with van der Waals surface area (Å²) >= 11 is 0. The number of hydrogen-bond donors (Lipinski definition) is 1. The molecule has 3 aliphatic carbocycles. The molecule has 0 bridgehead atoms. The topological polar surface area (TPSA) is 46.2 Å². The van der Waals surface area contributed by atoms with E-state index in [-0.39, 0.29) is 28.8 Å². The second-order valence-electron chi connectivity index (χ2n) is 11.2. The van der Waals surface area contributed by atoms with Gasteiger partial charge in [-0.05, 0) is 73.3 Å². The number of halogens is 3. The van der Waals surface area contributed by atoms with Gasteiger partial charge in [0.15, 0.2) is 5.78 Å². The Bertz CT molecular complexity index is 973. The molecule has 6 heteroatoms. The number of benzene rings is 1. The maximum Gasteiger partial charge on any atom is 0.402 e. The molecule has 0 spiro atoms. The van der Waals surface area contributed by atoms with E-state index in [1.54, 1.807) is 24.3 Å². The molecule has 1 amide bonds. The minimum absolute atomic E-state index is 0.0396. The Morgan fingerprint density at radius 3 is 2.45 bits per heavy atom. The molecule has 4 aliphatic rings. The maximum atomic E-state index is 14.1. The minimum Gasteiger partial charge on any atom is -0.349 e. The molecule has 0 unspecified atom stereocenters. The number of hydrogen-bond acceptors (Lipinski definition) is 2. The number of amides is 1. The van der Waals surface area contributed by atoms with Crippen molar-refractivity contribution in [2.75, 3.05) is 0 Å². The molecule has 5 rings (SSSR count). The van der Waals surface area contributed by atoms with Crippen LogP contribution < -0.4 is 5.32 Å². The predicted octanol–water partition coefficient (Wildman–Crippen LogP) is 5.82. The van der Waals surface area contributed by atoms with Gasteiger partial charge in [-0.2, -0.15) is 13.2 Å². The van der Waals surface area contributed by atoms with E-state index < -0.39 is 29.2 Å². The van der Waals surface area contributed by atoms with Crippen molar-refractivity contribution in [2.24, 2.45) is 34.5 Å². The quantitative estimate of drug-likeness (QED) is 0.620. The maximum absolute atomic E-state index is 14.1. The predicted molar refractivity (Wildman–Crippen MR) is 119 cm³/mol. The van der Waals surface area contributed by atoms with Crippen molar-refractivity contribution in [2.45, 2.75) is 70.5 Å². The molecule has 3 saturated carbocycles. The van der Waals surface area contributed by atoms with E-state index in [1.807, 2.05) is 0 Å². The third kappa shape index (κ3) is 3.47. The van der Waals surface area contributed by atoms with Gasteiger partial charge in [0.25, 0.3) is 0 Å². The van der Waals surface area contributed by atoms with Crippen LogP contribution in [-0.2, 0) is 9.59 Å². The van der Waals surface area contributed by atoms with Crippen LogP contribution in [0.5, 0.6) is 0 Å². The first-order valence-corrected chi connectivity index (χ1v) is 12.2. The lowest BCUT2D eigenvalue weighted by Crippen LogP contribution is -2.59. The van der Waals surface area contributed by atoms with Crippen molar-refractivity contribution in [3.8, 4) is 0 Å². The van der Waals surface area contributed by atoms with E-state index in [4.69, 9.17) is 0 Å². The molecule has 0 aromatic heterocycles. The molecule has 3 fully saturated rings. The van der Waals surface area contributed by atoms with Gasteiger partial charge in [0.05, 0.1) is 0 Å². The van der Waals surface area contributed by atoms with E-state index >= 15 is 0 Å². The highest BCUT2D eigenvalue weighted by Crippen LogP contribution is 2.65. The van der Waals surface area contributed by atoms with Gasteiger partial charge in [-0.25, -0.2) is 0 Å². The van der Waals surface area contributed by atoms with Crippen molar-refractivity contribution in [3.05, 3.63) is 48.0 Å². The summed E-state index contributed by atoms with van der Waals surface area (Å²) in [6, 6.07) is 7.78. The summed E-state index contributed by atoms with van der Waals surface area (Å²) in [5.74, 6) is -2.30. The minimum atomic E-state index is -4.60. The molecular weight excluding hydrogens is 427 g/mol. The molecule has 1 aromatic rings. The largest absolute Gasteiger partial charge is 0.402 e.